The summed E-state index contributed by atoms with van der Waals surface area (Å²) in [5, 5.41) is 3.31. The van der Waals surface area contributed by atoms with Crippen molar-refractivity contribution in [2.75, 3.05) is 19.7 Å². The summed E-state index contributed by atoms with van der Waals surface area (Å²) in [4.78, 5) is 0.242. The molecule has 1 fully saturated rings. The van der Waals surface area contributed by atoms with Gasteiger partial charge in [-0.1, -0.05) is 12.1 Å². The molecule has 0 saturated carbocycles. The summed E-state index contributed by atoms with van der Waals surface area (Å²) in [7, 11) is -3.56. The third-order valence-corrected chi connectivity index (χ3v) is 4.77. The smallest absolute Gasteiger partial charge is 0.286 e. The van der Waals surface area contributed by atoms with Gasteiger partial charge in [0.15, 0.2) is 0 Å². The number of halogens is 1. The van der Waals surface area contributed by atoms with Crippen molar-refractivity contribution in [3.05, 3.63) is 29.8 Å². The summed E-state index contributed by atoms with van der Waals surface area (Å²) in [6.07, 6.45) is 2.24. The van der Waals surface area contributed by atoms with Gasteiger partial charge in [0.2, 0.25) is 5.90 Å². The number of rotatable bonds is 2. The van der Waals surface area contributed by atoms with Crippen molar-refractivity contribution in [2.45, 2.75) is 17.7 Å². The van der Waals surface area contributed by atoms with Crippen LogP contribution in [0.4, 0.5) is 0 Å². The molecule has 1 atom stereocenters. The molecule has 0 aliphatic carbocycles. The molecule has 0 bridgehead atoms. The maximum Gasteiger partial charge on any atom is 0.286 e. The second-order valence-corrected chi connectivity index (χ2v) is 6.46. The molecule has 0 spiro atoms. The summed E-state index contributed by atoms with van der Waals surface area (Å²) in [5.41, 5.74) is 0.575. The molecule has 0 aromatic heterocycles. The Morgan fingerprint density at radius 2 is 2.15 bits per heavy atom. The van der Waals surface area contributed by atoms with Crippen LogP contribution in [0.5, 0.6) is 0 Å². The maximum absolute atomic E-state index is 11.8. The lowest BCUT2D eigenvalue weighted by Crippen LogP contribution is -2.32. The van der Waals surface area contributed by atoms with Crippen LogP contribution >= 0.6 is 12.4 Å². The van der Waals surface area contributed by atoms with Gasteiger partial charge in [0.1, 0.15) is 4.90 Å². The van der Waals surface area contributed by atoms with Crippen LogP contribution in [0.15, 0.2) is 33.6 Å². The Morgan fingerprint density at radius 1 is 1.35 bits per heavy atom. The normalized spacial score (nSPS) is 23.4. The highest BCUT2D eigenvalue weighted by molar-refractivity contribution is 7.90. The van der Waals surface area contributed by atoms with Crippen molar-refractivity contribution >= 4 is 28.3 Å². The second kappa shape index (κ2) is 6.11. The van der Waals surface area contributed by atoms with E-state index >= 15 is 0 Å². The summed E-state index contributed by atoms with van der Waals surface area (Å²) in [5.74, 6) is 0.660. The molecule has 2 aliphatic heterocycles. The van der Waals surface area contributed by atoms with Gasteiger partial charge in [-0.2, -0.15) is 8.42 Å². The van der Waals surface area contributed by atoms with E-state index < -0.39 is 10.0 Å². The zero-order chi connectivity index (χ0) is 13.3. The van der Waals surface area contributed by atoms with E-state index in [9.17, 15) is 8.42 Å². The number of hydrogen-bond acceptors (Lipinski definition) is 4. The molecular formula is C13H17ClN2O3S. The van der Waals surface area contributed by atoms with Gasteiger partial charge in [-0.25, -0.2) is 0 Å². The predicted molar refractivity (Wildman–Crippen MR) is 79.0 cm³/mol. The molecule has 5 nitrogen and oxygen atoms in total. The standard InChI is InChI=1S/C13H16N2O3S.ClH/c16-19(17)12-6-2-1-5-11(12)13(15-19)18-9-10-4-3-7-14-8-10;/h1-2,5-6,10,14H,3-4,7-9H2;1H. The van der Waals surface area contributed by atoms with E-state index in [0.29, 0.717) is 18.1 Å². The lowest BCUT2D eigenvalue weighted by Gasteiger charge is -2.22. The van der Waals surface area contributed by atoms with Crippen molar-refractivity contribution < 1.29 is 13.2 Å². The molecule has 1 saturated heterocycles. The average Bonchev–Trinajstić information content (AvgIpc) is 2.70. The fourth-order valence-corrected chi connectivity index (χ4v) is 3.59. The first-order valence-electron chi connectivity index (χ1n) is 6.45. The largest absolute Gasteiger partial charge is 0.476 e. The number of benzene rings is 1. The van der Waals surface area contributed by atoms with Crippen molar-refractivity contribution in [3.8, 4) is 0 Å². The molecule has 0 radical (unpaired) electrons. The number of fused-ring (bicyclic) bond motifs is 1. The fourth-order valence-electron chi connectivity index (χ4n) is 2.44. The number of piperidine rings is 1. The number of hydrogen-bond donors (Lipinski definition) is 1. The molecule has 2 heterocycles. The Balaban J connectivity index is 0.00000147. The highest BCUT2D eigenvalue weighted by Crippen LogP contribution is 2.26. The van der Waals surface area contributed by atoms with Crippen LogP contribution in [0, 0.1) is 5.92 Å². The predicted octanol–water partition coefficient (Wildman–Crippen LogP) is 1.57. The highest BCUT2D eigenvalue weighted by Gasteiger charge is 2.30. The van der Waals surface area contributed by atoms with Gasteiger partial charge in [-0.15, -0.1) is 16.8 Å². The van der Waals surface area contributed by atoms with Gasteiger partial charge < -0.3 is 10.1 Å². The van der Waals surface area contributed by atoms with E-state index in [1.165, 1.54) is 0 Å². The van der Waals surface area contributed by atoms with E-state index in [0.717, 1.165) is 25.9 Å². The number of nitrogens with one attached hydrogen (secondary N) is 1. The first-order valence-corrected chi connectivity index (χ1v) is 7.89. The quantitative estimate of drug-likeness (QED) is 0.899. The van der Waals surface area contributed by atoms with Gasteiger partial charge in [0, 0.05) is 12.5 Å². The van der Waals surface area contributed by atoms with Crippen molar-refractivity contribution in [1.82, 2.24) is 5.32 Å². The Morgan fingerprint density at radius 3 is 2.90 bits per heavy atom. The number of nitrogens with zero attached hydrogens (tertiary/aromatic N) is 1. The SMILES string of the molecule is Cl.O=S1(=O)N=C(OCC2CCCNC2)c2ccccc21. The zero-order valence-electron chi connectivity index (χ0n) is 10.9. The van der Waals surface area contributed by atoms with E-state index in [-0.39, 0.29) is 23.2 Å². The minimum atomic E-state index is -3.56. The van der Waals surface area contributed by atoms with E-state index in [1.54, 1.807) is 24.3 Å². The Labute approximate surface area is 124 Å². The monoisotopic (exact) mass is 316 g/mol. The van der Waals surface area contributed by atoms with Gasteiger partial charge in [-0.3, -0.25) is 0 Å². The first kappa shape index (κ1) is 15.3. The second-order valence-electron chi connectivity index (χ2n) is 4.89. The molecule has 1 N–H and O–H groups in total. The average molecular weight is 317 g/mol. The van der Waals surface area contributed by atoms with Crippen LogP contribution in [0.2, 0.25) is 0 Å². The van der Waals surface area contributed by atoms with Crippen LogP contribution < -0.4 is 5.32 Å². The molecule has 110 valence electrons. The lowest BCUT2D eigenvalue weighted by molar-refractivity contribution is 0.210. The zero-order valence-corrected chi connectivity index (χ0v) is 12.5. The summed E-state index contributed by atoms with van der Waals surface area (Å²) < 4.78 is 33.0. The van der Waals surface area contributed by atoms with Gasteiger partial charge in [0.25, 0.3) is 10.0 Å². The van der Waals surface area contributed by atoms with E-state index in [4.69, 9.17) is 4.74 Å². The Kier molecular flexibility index (Phi) is 4.67. The molecule has 3 rings (SSSR count). The van der Waals surface area contributed by atoms with Gasteiger partial charge in [-0.05, 0) is 31.5 Å². The number of sulfonamides is 1. The summed E-state index contributed by atoms with van der Waals surface area (Å²) >= 11 is 0. The van der Waals surface area contributed by atoms with Gasteiger partial charge >= 0.3 is 0 Å². The lowest BCUT2D eigenvalue weighted by atomic mass is 10.0. The Bertz CT molecular complexity index is 610. The van der Waals surface area contributed by atoms with Crippen LogP contribution in [0.25, 0.3) is 0 Å². The minimum absolute atomic E-state index is 0. The minimum Gasteiger partial charge on any atom is -0.476 e. The maximum atomic E-state index is 11.8. The number of ether oxygens (including phenoxy) is 1. The van der Waals surface area contributed by atoms with Gasteiger partial charge in [0.05, 0.1) is 12.2 Å². The fraction of sp³-hybridized carbons (Fsp3) is 0.462. The molecule has 20 heavy (non-hydrogen) atoms. The molecule has 1 unspecified atom stereocenters. The molecule has 1 aromatic rings. The molecule has 0 amide bonds. The third kappa shape index (κ3) is 2.97. The third-order valence-electron chi connectivity index (χ3n) is 3.45. The van der Waals surface area contributed by atoms with E-state index in [2.05, 4.69) is 9.71 Å². The molecule has 7 heteroatoms. The summed E-state index contributed by atoms with van der Waals surface area (Å²) in [6.45, 7) is 2.48. The van der Waals surface area contributed by atoms with Crippen molar-refractivity contribution in [2.24, 2.45) is 10.3 Å². The first-order chi connectivity index (χ1) is 9.17. The molecule has 1 aromatic carbocycles. The van der Waals surface area contributed by atoms with Crippen molar-refractivity contribution in [1.29, 1.82) is 0 Å². The highest BCUT2D eigenvalue weighted by atomic mass is 35.5. The van der Waals surface area contributed by atoms with E-state index in [1.807, 2.05) is 0 Å². The van der Waals surface area contributed by atoms with Crippen LogP contribution in [0.1, 0.15) is 18.4 Å². The van der Waals surface area contributed by atoms with Crippen molar-refractivity contribution in [3.63, 3.8) is 0 Å². The van der Waals surface area contributed by atoms with Crippen LogP contribution in [-0.4, -0.2) is 34.0 Å². The Hall–Kier alpha value is -1.11. The summed E-state index contributed by atoms with van der Waals surface area (Å²) in [6, 6.07) is 6.78. The molecular weight excluding hydrogens is 300 g/mol. The topological polar surface area (TPSA) is 67.8 Å². The van der Waals surface area contributed by atoms with Crippen LogP contribution in [0.3, 0.4) is 0 Å². The molecule has 2 aliphatic rings. The van der Waals surface area contributed by atoms with Crippen LogP contribution in [-0.2, 0) is 14.8 Å².